The minimum Gasteiger partial charge on any atom is -0.467 e. The van der Waals surface area contributed by atoms with Crippen LogP contribution in [-0.4, -0.2) is 37.0 Å². The minimum atomic E-state index is -1.05. The molecule has 7 heteroatoms. The van der Waals surface area contributed by atoms with E-state index in [2.05, 4.69) is 10.1 Å². The molecule has 7 nitrogen and oxygen atoms in total. The number of hydrogen-bond acceptors (Lipinski definition) is 5. The Balaban J connectivity index is 4.52. The van der Waals surface area contributed by atoms with Crippen molar-refractivity contribution in [2.24, 2.45) is 17.4 Å². The van der Waals surface area contributed by atoms with Crippen LogP contribution in [0.4, 0.5) is 0 Å². The van der Waals surface area contributed by atoms with Crippen LogP contribution in [0.3, 0.4) is 0 Å². The second-order valence-corrected chi connectivity index (χ2v) is 4.49. The fraction of sp³-hybridized carbons (Fsp3) is 0.727. The highest BCUT2D eigenvalue weighted by atomic mass is 16.5. The highest BCUT2D eigenvalue weighted by molar-refractivity contribution is 5.90. The molecule has 0 aliphatic heterocycles. The summed E-state index contributed by atoms with van der Waals surface area (Å²) in [5.41, 5.74) is 10.4. The summed E-state index contributed by atoms with van der Waals surface area (Å²) in [6.07, 6.45) is 0.170. The SMILES string of the molecule is COC(=O)[C@H](CC(C)C)NC(=O)[C@H](N)CC(N)=O. The Morgan fingerprint density at radius 1 is 1.28 bits per heavy atom. The summed E-state index contributed by atoms with van der Waals surface area (Å²) in [5, 5.41) is 2.46. The van der Waals surface area contributed by atoms with E-state index in [-0.39, 0.29) is 12.3 Å². The first-order chi connectivity index (χ1) is 8.27. The fourth-order valence-electron chi connectivity index (χ4n) is 1.42. The van der Waals surface area contributed by atoms with E-state index in [1.165, 1.54) is 7.11 Å². The Hall–Kier alpha value is -1.63. The molecule has 2 atom stereocenters. The third kappa shape index (κ3) is 6.19. The molecule has 0 bridgehead atoms. The number of ether oxygens (including phenoxy) is 1. The number of methoxy groups -OCH3 is 1. The van der Waals surface area contributed by atoms with Gasteiger partial charge in [0.2, 0.25) is 11.8 Å². The summed E-state index contributed by atoms with van der Waals surface area (Å²) >= 11 is 0. The van der Waals surface area contributed by atoms with Gasteiger partial charge in [0, 0.05) is 0 Å². The summed E-state index contributed by atoms with van der Waals surface area (Å²) in [6, 6.07) is -1.82. The normalized spacial score (nSPS) is 13.8. The molecule has 18 heavy (non-hydrogen) atoms. The predicted octanol–water partition coefficient (Wildman–Crippen LogP) is -1.11. The molecule has 0 unspecified atom stereocenters. The molecule has 0 radical (unpaired) electrons. The number of rotatable bonds is 7. The number of carbonyl (C=O) groups excluding carboxylic acids is 3. The van der Waals surface area contributed by atoms with Gasteiger partial charge in [-0.1, -0.05) is 13.8 Å². The van der Waals surface area contributed by atoms with Crippen molar-refractivity contribution in [3.8, 4) is 0 Å². The molecule has 0 rings (SSSR count). The molecule has 2 amide bonds. The van der Waals surface area contributed by atoms with Gasteiger partial charge < -0.3 is 21.5 Å². The van der Waals surface area contributed by atoms with Crippen LogP contribution in [0, 0.1) is 5.92 Å². The van der Waals surface area contributed by atoms with E-state index in [0.29, 0.717) is 6.42 Å². The first-order valence-corrected chi connectivity index (χ1v) is 5.70. The molecule has 104 valence electrons. The molecule has 5 N–H and O–H groups in total. The molecule has 0 heterocycles. The van der Waals surface area contributed by atoms with Crippen LogP contribution in [-0.2, 0) is 19.1 Å². The summed E-state index contributed by atoms with van der Waals surface area (Å²) < 4.78 is 4.59. The Morgan fingerprint density at radius 2 is 1.83 bits per heavy atom. The van der Waals surface area contributed by atoms with Crippen molar-refractivity contribution in [2.45, 2.75) is 38.8 Å². The summed E-state index contributed by atoms with van der Waals surface area (Å²) in [4.78, 5) is 33.7. The zero-order valence-electron chi connectivity index (χ0n) is 10.9. The summed E-state index contributed by atoms with van der Waals surface area (Å²) in [7, 11) is 1.24. The first kappa shape index (κ1) is 16.4. The maximum absolute atomic E-state index is 11.6. The van der Waals surface area contributed by atoms with E-state index >= 15 is 0 Å². The Labute approximate surface area is 106 Å². The van der Waals surface area contributed by atoms with Crippen molar-refractivity contribution in [2.75, 3.05) is 7.11 Å². The molecule has 0 fully saturated rings. The average Bonchev–Trinajstić information content (AvgIpc) is 2.25. The lowest BCUT2D eigenvalue weighted by atomic mass is 10.0. The monoisotopic (exact) mass is 259 g/mol. The highest BCUT2D eigenvalue weighted by Gasteiger charge is 2.25. The zero-order valence-corrected chi connectivity index (χ0v) is 10.9. The number of amides is 2. The average molecular weight is 259 g/mol. The largest absolute Gasteiger partial charge is 0.467 e. The van der Waals surface area contributed by atoms with Crippen LogP contribution in [0.25, 0.3) is 0 Å². The van der Waals surface area contributed by atoms with Gasteiger partial charge in [0.1, 0.15) is 6.04 Å². The van der Waals surface area contributed by atoms with Gasteiger partial charge in [-0.2, -0.15) is 0 Å². The van der Waals surface area contributed by atoms with Gasteiger partial charge in [-0.15, -0.1) is 0 Å². The standard InChI is InChI=1S/C11H21N3O4/c1-6(2)4-8(11(17)18-3)14-10(16)7(12)5-9(13)15/h6-8H,4-5,12H2,1-3H3,(H2,13,15)(H,14,16)/t7-,8+/m1/s1. The lowest BCUT2D eigenvalue weighted by molar-refractivity contribution is -0.145. The molecule has 0 aromatic carbocycles. The van der Waals surface area contributed by atoms with Crippen LogP contribution in [0.1, 0.15) is 26.7 Å². The van der Waals surface area contributed by atoms with Crippen LogP contribution in [0.5, 0.6) is 0 Å². The molecule has 0 saturated heterocycles. The van der Waals surface area contributed by atoms with Gasteiger partial charge in [-0.25, -0.2) is 4.79 Å². The Morgan fingerprint density at radius 3 is 2.22 bits per heavy atom. The van der Waals surface area contributed by atoms with Gasteiger partial charge in [0.25, 0.3) is 0 Å². The van der Waals surface area contributed by atoms with Crippen LogP contribution < -0.4 is 16.8 Å². The van der Waals surface area contributed by atoms with E-state index in [0.717, 1.165) is 0 Å². The topological polar surface area (TPSA) is 125 Å². The maximum atomic E-state index is 11.6. The van der Waals surface area contributed by atoms with Gasteiger partial charge in [0.05, 0.1) is 19.6 Å². The number of hydrogen-bond donors (Lipinski definition) is 3. The van der Waals surface area contributed by atoms with Crippen molar-refractivity contribution in [1.29, 1.82) is 0 Å². The van der Waals surface area contributed by atoms with E-state index in [1.54, 1.807) is 0 Å². The van der Waals surface area contributed by atoms with E-state index in [1.807, 2.05) is 13.8 Å². The number of nitrogens with one attached hydrogen (secondary N) is 1. The van der Waals surface area contributed by atoms with Crippen molar-refractivity contribution in [3.05, 3.63) is 0 Å². The quantitative estimate of drug-likeness (QED) is 0.500. The molecule has 0 aromatic rings. The fourth-order valence-corrected chi connectivity index (χ4v) is 1.42. The van der Waals surface area contributed by atoms with Crippen molar-refractivity contribution >= 4 is 17.8 Å². The van der Waals surface area contributed by atoms with Crippen LogP contribution in [0.2, 0.25) is 0 Å². The van der Waals surface area contributed by atoms with Gasteiger partial charge in [-0.3, -0.25) is 9.59 Å². The van der Waals surface area contributed by atoms with E-state index in [4.69, 9.17) is 11.5 Å². The van der Waals surface area contributed by atoms with Crippen molar-refractivity contribution in [3.63, 3.8) is 0 Å². The van der Waals surface area contributed by atoms with Gasteiger partial charge in [-0.05, 0) is 12.3 Å². The van der Waals surface area contributed by atoms with Crippen molar-refractivity contribution < 1.29 is 19.1 Å². The molecular formula is C11H21N3O4. The third-order valence-corrected chi connectivity index (χ3v) is 2.27. The van der Waals surface area contributed by atoms with Crippen molar-refractivity contribution in [1.82, 2.24) is 5.32 Å². The van der Waals surface area contributed by atoms with Crippen LogP contribution >= 0.6 is 0 Å². The Kier molecular flexibility index (Phi) is 6.96. The molecule has 0 saturated carbocycles. The predicted molar refractivity (Wildman–Crippen MR) is 65.2 cm³/mol. The second-order valence-electron chi connectivity index (χ2n) is 4.49. The van der Waals surface area contributed by atoms with Gasteiger partial charge >= 0.3 is 5.97 Å². The lowest BCUT2D eigenvalue weighted by Crippen LogP contribution is -2.50. The molecule has 0 aliphatic rings. The third-order valence-electron chi connectivity index (χ3n) is 2.27. The number of nitrogens with two attached hydrogens (primary N) is 2. The van der Waals surface area contributed by atoms with Crippen LogP contribution in [0.15, 0.2) is 0 Å². The summed E-state index contributed by atoms with van der Waals surface area (Å²) in [6.45, 7) is 3.82. The second kappa shape index (κ2) is 7.65. The lowest BCUT2D eigenvalue weighted by Gasteiger charge is -2.20. The van der Waals surface area contributed by atoms with E-state index < -0.39 is 29.9 Å². The first-order valence-electron chi connectivity index (χ1n) is 5.70. The molecular weight excluding hydrogens is 238 g/mol. The van der Waals surface area contributed by atoms with E-state index in [9.17, 15) is 14.4 Å². The minimum absolute atomic E-state index is 0.196. The Bertz CT molecular complexity index is 317. The number of primary amides is 1. The number of carbonyl (C=O) groups is 3. The number of esters is 1. The van der Waals surface area contributed by atoms with Gasteiger partial charge in [0.15, 0.2) is 0 Å². The summed E-state index contributed by atoms with van der Waals surface area (Å²) in [5.74, 6) is -1.61. The molecule has 0 aliphatic carbocycles. The molecule has 0 spiro atoms. The molecule has 0 aromatic heterocycles. The maximum Gasteiger partial charge on any atom is 0.328 e. The smallest absolute Gasteiger partial charge is 0.328 e. The highest BCUT2D eigenvalue weighted by Crippen LogP contribution is 2.06. The zero-order chi connectivity index (χ0) is 14.3.